The fraction of sp³-hybridized carbons (Fsp3) is 0.842. The molecule has 1 rings (SSSR count). The molecule has 10 heteroatoms. The Balaban J connectivity index is 2.82. The molecule has 0 saturated carbocycles. The van der Waals surface area contributed by atoms with Crippen LogP contribution in [0.3, 0.4) is 0 Å². The summed E-state index contributed by atoms with van der Waals surface area (Å²) in [5, 5.41) is 5.20. The van der Waals surface area contributed by atoms with Crippen LogP contribution in [0.2, 0.25) is 0 Å². The van der Waals surface area contributed by atoms with Gasteiger partial charge in [-0.05, 0) is 31.6 Å². The van der Waals surface area contributed by atoms with Crippen LogP contribution in [0.15, 0.2) is 0 Å². The highest BCUT2D eigenvalue weighted by atomic mass is 19.3. The summed E-state index contributed by atoms with van der Waals surface area (Å²) in [5.74, 6) is -1.34. The molecular weight excluding hydrogens is 388 g/mol. The Morgan fingerprint density at radius 2 is 1.52 bits per heavy atom. The van der Waals surface area contributed by atoms with Gasteiger partial charge in [0.2, 0.25) is 11.8 Å². The van der Waals surface area contributed by atoms with Crippen molar-refractivity contribution >= 4 is 17.6 Å². The Hall–Kier alpha value is -1.65. The molecule has 0 aromatic rings. The summed E-state index contributed by atoms with van der Waals surface area (Å²) < 4.78 is 33.5. The second-order valence-corrected chi connectivity index (χ2v) is 8.47. The van der Waals surface area contributed by atoms with Crippen molar-refractivity contribution in [1.29, 1.82) is 0 Å². The van der Waals surface area contributed by atoms with Crippen molar-refractivity contribution in [1.82, 2.24) is 10.6 Å². The molecule has 4 N–H and O–H groups in total. The van der Waals surface area contributed by atoms with E-state index in [2.05, 4.69) is 15.4 Å². The first-order valence-corrected chi connectivity index (χ1v) is 9.80. The number of epoxide rings is 1. The number of ether oxygens (including phenoxy) is 2. The van der Waals surface area contributed by atoms with Gasteiger partial charge in [0.1, 0.15) is 17.7 Å². The summed E-state index contributed by atoms with van der Waals surface area (Å²) in [6.07, 6.45) is 0.712. The summed E-state index contributed by atoms with van der Waals surface area (Å²) in [5.41, 5.74) is 4.66. The monoisotopic (exact) mass is 421 g/mol. The zero-order valence-electron chi connectivity index (χ0n) is 17.7. The van der Waals surface area contributed by atoms with Crippen molar-refractivity contribution in [3.05, 3.63) is 0 Å². The van der Waals surface area contributed by atoms with Gasteiger partial charge in [0.25, 0.3) is 0 Å². The van der Waals surface area contributed by atoms with Gasteiger partial charge in [0, 0.05) is 0 Å². The number of amides is 2. The van der Waals surface area contributed by atoms with Crippen LogP contribution in [-0.4, -0.2) is 61.1 Å². The predicted molar refractivity (Wildman–Crippen MR) is 102 cm³/mol. The minimum Gasteiger partial charge on any atom is -0.361 e. The fourth-order valence-corrected chi connectivity index (χ4v) is 2.83. The molecule has 0 bridgehead atoms. The smallest absolute Gasteiger partial charge is 0.345 e. The quantitative estimate of drug-likeness (QED) is 0.381. The van der Waals surface area contributed by atoms with Gasteiger partial charge in [-0.3, -0.25) is 14.4 Å². The maximum atomic E-state index is 12.8. The van der Waals surface area contributed by atoms with Gasteiger partial charge in [-0.25, -0.2) is 0 Å². The second-order valence-electron chi connectivity index (χ2n) is 8.47. The molecule has 1 aliphatic rings. The predicted octanol–water partition coefficient (Wildman–Crippen LogP) is 0.973. The normalized spacial score (nSPS) is 21.8. The molecule has 0 aliphatic carbocycles. The number of nitrogens with two attached hydrogens (primary N) is 1. The van der Waals surface area contributed by atoms with Crippen molar-refractivity contribution in [3.63, 3.8) is 0 Å². The first-order chi connectivity index (χ1) is 13.4. The Bertz CT molecular complexity index is 582. The highest BCUT2D eigenvalue weighted by Gasteiger charge is 2.50. The number of halogens is 2. The molecule has 1 saturated heterocycles. The lowest BCUT2D eigenvalue weighted by Gasteiger charge is -2.26. The lowest BCUT2D eigenvalue weighted by atomic mass is 9.92. The molecule has 1 fully saturated rings. The standard InChI is InChI=1S/C19H33F2N3O5/c1-10(2)6-13(15(25)19(5)9-29-19)23-17(27)14(7-11(3)4)24-16(26)12(22)8-28-18(20)21/h10-14,18H,6-9,22H2,1-5H3,(H,23,27)(H,24,26)/t12-,13-,14-,19+/m0/s1. The summed E-state index contributed by atoms with van der Waals surface area (Å²) in [6.45, 7) is 5.84. The molecule has 168 valence electrons. The van der Waals surface area contributed by atoms with E-state index in [1.165, 1.54) is 0 Å². The number of carbonyl (C=O) groups excluding carboxylic acids is 3. The molecule has 0 aromatic heterocycles. The van der Waals surface area contributed by atoms with E-state index in [0.29, 0.717) is 13.0 Å². The number of Topliss-reactive ketones (excluding diaryl/α,β-unsaturated/α-hetero) is 1. The third kappa shape index (κ3) is 8.71. The largest absolute Gasteiger partial charge is 0.361 e. The number of nitrogens with one attached hydrogen (secondary N) is 2. The summed E-state index contributed by atoms with van der Waals surface area (Å²) >= 11 is 0. The third-order valence-corrected chi connectivity index (χ3v) is 4.52. The molecule has 2 amide bonds. The molecule has 0 radical (unpaired) electrons. The SMILES string of the molecule is CC(C)C[C@H](NC(=O)[C@@H](N)COC(F)F)C(=O)N[C@@H](CC(C)C)C(=O)[C@@]1(C)CO1. The molecule has 1 heterocycles. The van der Waals surface area contributed by atoms with Gasteiger partial charge in [-0.1, -0.05) is 27.7 Å². The topological polar surface area (TPSA) is 123 Å². The minimum absolute atomic E-state index is 0.0446. The molecular formula is C19H33F2N3O5. The van der Waals surface area contributed by atoms with E-state index >= 15 is 0 Å². The molecule has 1 aliphatic heterocycles. The number of hydrogen-bond acceptors (Lipinski definition) is 6. The lowest BCUT2D eigenvalue weighted by molar-refractivity contribution is -0.143. The van der Waals surface area contributed by atoms with Crippen molar-refractivity contribution in [2.75, 3.05) is 13.2 Å². The molecule has 0 unspecified atom stereocenters. The fourth-order valence-electron chi connectivity index (χ4n) is 2.83. The average Bonchev–Trinajstić information content (AvgIpc) is 3.35. The Labute approximate surface area is 170 Å². The van der Waals surface area contributed by atoms with Gasteiger partial charge in [0.05, 0.1) is 19.3 Å². The number of rotatable bonds is 13. The molecule has 4 atom stereocenters. The van der Waals surface area contributed by atoms with E-state index in [1.54, 1.807) is 6.92 Å². The van der Waals surface area contributed by atoms with Crippen LogP contribution in [0.1, 0.15) is 47.5 Å². The zero-order valence-corrected chi connectivity index (χ0v) is 17.7. The third-order valence-electron chi connectivity index (χ3n) is 4.52. The van der Waals surface area contributed by atoms with Crippen LogP contribution in [0.25, 0.3) is 0 Å². The van der Waals surface area contributed by atoms with Crippen molar-refractivity contribution in [2.45, 2.75) is 77.8 Å². The van der Waals surface area contributed by atoms with Crippen molar-refractivity contribution in [2.24, 2.45) is 17.6 Å². The lowest BCUT2D eigenvalue weighted by Crippen LogP contribution is -2.56. The van der Waals surface area contributed by atoms with Gasteiger partial charge in [-0.15, -0.1) is 0 Å². The van der Waals surface area contributed by atoms with Gasteiger partial charge in [0.15, 0.2) is 5.78 Å². The zero-order chi connectivity index (χ0) is 22.4. The van der Waals surface area contributed by atoms with Crippen LogP contribution in [-0.2, 0) is 23.9 Å². The highest BCUT2D eigenvalue weighted by molar-refractivity contribution is 5.98. The van der Waals surface area contributed by atoms with E-state index in [0.717, 1.165) is 0 Å². The highest BCUT2D eigenvalue weighted by Crippen LogP contribution is 2.29. The Morgan fingerprint density at radius 1 is 1.03 bits per heavy atom. The maximum Gasteiger partial charge on any atom is 0.345 e. The van der Waals surface area contributed by atoms with Crippen LogP contribution in [0.5, 0.6) is 0 Å². The summed E-state index contributed by atoms with van der Waals surface area (Å²) in [6, 6.07) is -3.06. The van der Waals surface area contributed by atoms with E-state index in [-0.39, 0.29) is 24.0 Å². The summed E-state index contributed by atoms with van der Waals surface area (Å²) in [7, 11) is 0. The van der Waals surface area contributed by atoms with Crippen LogP contribution < -0.4 is 16.4 Å². The van der Waals surface area contributed by atoms with Gasteiger partial charge < -0.3 is 25.8 Å². The number of hydrogen-bond donors (Lipinski definition) is 3. The van der Waals surface area contributed by atoms with Gasteiger partial charge in [-0.2, -0.15) is 8.78 Å². The maximum absolute atomic E-state index is 12.8. The average molecular weight is 421 g/mol. The summed E-state index contributed by atoms with van der Waals surface area (Å²) in [4.78, 5) is 37.7. The van der Waals surface area contributed by atoms with Crippen LogP contribution in [0, 0.1) is 11.8 Å². The first-order valence-electron chi connectivity index (χ1n) is 9.80. The first kappa shape index (κ1) is 25.4. The number of carbonyl (C=O) groups is 3. The minimum atomic E-state index is -3.04. The number of alkyl halides is 2. The number of ketones is 1. The molecule has 8 nitrogen and oxygen atoms in total. The van der Waals surface area contributed by atoms with Crippen LogP contribution in [0.4, 0.5) is 8.78 Å². The molecule has 0 aromatic carbocycles. The molecule has 29 heavy (non-hydrogen) atoms. The van der Waals surface area contributed by atoms with E-state index < -0.39 is 48.8 Å². The van der Waals surface area contributed by atoms with E-state index in [4.69, 9.17) is 10.5 Å². The van der Waals surface area contributed by atoms with Crippen LogP contribution >= 0.6 is 0 Å². The van der Waals surface area contributed by atoms with E-state index in [9.17, 15) is 23.2 Å². The van der Waals surface area contributed by atoms with Crippen molar-refractivity contribution in [3.8, 4) is 0 Å². The van der Waals surface area contributed by atoms with Crippen molar-refractivity contribution < 1.29 is 32.6 Å². The molecule has 0 spiro atoms. The Morgan fingerprint density at radius 3 is 1.97 bits per heavy atom. The van der Waals surface area contributed by atoms with E-state index in [1.807, 2.05) is 27.7 Å². The Kier molecular flexibility index (Phi) is 9.57. The van der Waals surface area contributed by atoms with Gasteiger partial charge >= 0.3 is 6.61 Å². The second kappa shape index (κ2) is 10.9.